The van der Waals surface area contributed by atoms with Crippen LogP contribution in [0.2, 0.25) is 0 Å². The fraction of sp³-hybridized carbons (Fsp3) is 0.0746. The Morgan fingerprint density at radius 1 is 0.400 bits per heavy atom. The van der Waals surface area contributed by atoms with Crippen molar-refractivity contribution in [3.8, 4) is 22.6 Å². The number of hydrogen-bond donors (Lipinski definition) is 0. The first-order chi connectivity index (χ1) is 34.3. The number of ether oxygens (including phenoxy) is 1. The molecule has 12 aromatic carbocycles. The molecule has 70 heavy (non-hydrogen) atoms. The molecule has 12 aromatic rings. The average molecular weight is 914 g/mol. The van der Waals surface area contributed by atoms with Crippen LogP contribution in [0.4, 0.5) is 17.1 Å². The summed E-state index contributed by atoms with van der Waals surface area (Å²) in [6.45, 7) is 8.79. The van der Waals surface area contributed by atoms with Crippen molar-refractivity contribution in [3.63, 3.8) is 0 Å². The standard InChI is InChI=1S/C67H47NOS/c1-40-17-25-48(26-18-40)67(49-27-19-41(2)20-28-49)59-31-21-44-11-5-6-12-51(44)65(59)69-63-34-24-45(37-60(63)67)46-22-32-61-64(38-46)70-66-57-36-43(4)42(3)35-47(57)23-33-62(66)68(61)50-29-30-56-54-15-8-7-13-52(54)53-14-9-10-16-55(53)58(56)39-50/h5-39H,1-4H3. The zero-order chi connectivity index (χ0) is 46.8. The third kappa shape index (κ3) is 6.01. The molecule has 0 saturated heterocycles. The van der Waals surface area contributed by atoms with Crippen LogP contribution in [-0.4, -0.2) is 0 Å². The molecule has 0 bridgehead atoms. The molecule has 0 atom stereocenters. The molecule has 0 radical (unpaired) electrons. The summed E-state index contributed by atoms with van der Waals surface area (Å²) >= 11 is 1.89. The van der Waals surface area contributed by atoms with Crippen molar-refractivity contribution in [1.82, 2.24) is 0 Å². The Morgan fingerprint density at radius 2 is 0.971 bits per heavy atom. The van der Waals surface area contributed by atoms with Crippen LogP contribution in [-0.2, 0) is 5.41 Å². The lowest BCUT2D eigenvalue weighted by atomic mass is 9.63. The predicted octanol–water partition coefficient (Wildman–Crippen LogP) is 18.8. The Morgan fingerprint density at radius 3 is 1.67 bits per heavy atom. The maximum Gasteiger partial charge on any atom is 0.140 e. The summed E-state index contributed by atoms with van der Waals surface area (Å²) < 4.78 is 7.15. The average Bonchev–Trinajstić information content (AvgIpc) is 3.40. The first kappa shape index (κ1) is 40.9. The van der Waals surface area contributed by atoms with Crippen LogP contribution in [0.25, 0.3) is 65.0 Å². The molecule has 2 aliphatic rings. The molecule has 2 aliphatic heterocycles. The number of fused-ring (bicyclic) bond motifs is 14. The predicted molar refractivity (Wildman–Crippen MR) is 296 cm³/mol. The molecule has 0 fully saturated rings. The van der Waals surface area contributed by atoms with Gasteiger partial charge in [0.05, 0.1) is 16.8 Å². The van der Waals surface area contributed by atoms with E-state index >= 15 is 0 Å². The summed E-state index contributed by atoms with van der Waals surface area (Å²) in [7, 11) is 0. The maximum atomic E-state index is 7.15. The van der Waals surface area contributed by atoms with E-state index in [2.05, 4.69) is 245 Å². The van der Waals surface area contributed by atoms with Crippen molar-refractivity contribution >= 4 is 82.7 Å². The van der Waals surface area contributed by atoms with Gasteiger partial charge in [0.15, 0.2) is 0 Å². The number of benzene rings is 12. The van der Waals surface area contributed by atoms with Crippen molar-refractivity contribution < 1.29 is 4.74 Å². The third-order valence-corrected chi connectivity index (χ3v) is 16.6. The minimum atomic E-state index is -0.663. The number of nitrogens with zero attached hydrogens (tertiary/aromatic N) is 1. The van der Waals surface area contributed by atoms with Gasteiger partial charge >= 0.3 is 0 Å². The molecule has 0 aromatic heterocycles. The van der Waals surface area contributed by atoms with E-state index in [1.807, 2.05) is 11.8 Å². The highest BCUT2D eigenvalue weighted by Gasteiger charge is 2.46. The van der Waals surface area contributed by atoms with Gasteiger partial charge in [-0.2, -0.15) is 0 Å². The molecule has 0 N–H and O–H groups in total. The van der Waals surface area contributed by atoms with E-state index in [0.29, 0.717) is 0 Å². The van der Waals surface area contributed by atoms with Gasteiger partial charge in [0.25, 0.3) is 0 Å². The molecule has 0 amide bonds. The highest BCUT2D eigenvalue weighted by Crippen LogP contribution is 2.59. The molecule has 0 unspecified atom stereocenters. The third-order valence-electron chi connectivity index (χ3n) is 15.4. The lowest BCUT2D eigenvalue weighted by Crippen LogP contribution is -2.34. The van der Waals surface area contributed by atoms with Crippen LogP contribution >= 0.6 is 11.8 Å². The van der Waals surface area contributed by atoms with E-state index in [0.717, 1.165) is 50.2 Å². The Kier molecular flexibility index (Phi) is 9.03. The van der Waals surface area contributed by atoms with Crippen molar-refractivity contribution in [3.05, 3.63) is 257 Å². The van der Waals surface area contributed by atoms with Gasteiger partial charge in [0, 0.05) is 32.0 Å². The largest absolute Gasteiger partial charge is 0.456 e. The highest BCUT2D eigenvalue weighted by atomic mass is 32.2. The van der Waals surface area contributed by atoms with E-state index in [1.54, 1.807) is 0 Å². The van der Waals surface area contributed by atoms with Gasteiger partial charge in [-0.15, -0.1) is 0 Å². The van der Waals surface area contributed by atoms with Crippen LogP contribution in [0.3, 0.4) is 0 Å². The summed E-state index contributed by atoms with van der Waals surface area (Å²) in [5, 5.41) is 12.4. The molecular weight excluding hydrogens is 867 g/mol. The summed E-state index contributed by atoms with van der Waals surface area (Å²) in [5.74, 6) is 1.78. The summed E-state index contributed by atoms with van der Waals surface area (Å²) in [5.41, 5.74) is 14.9. The fourth-order valence-electron chi connectivity index (χ4n) is 11.7. The molecule has 0 spiro atoms. The Balaban J connectivity index is 0.990. The van der Waals surface area contributed by atoms with Crippen molar-refractivity contribution in [2.45, 2.75) is 42.9 Å². The summed E-state index contributed by atoms with van der Waals surface area (Å²) in [6, 6.07) is 79.6. The smallest absolute Gasteiger partial charge is 0.140 e. The van der Waals surface area contributed by atoms with Gasteiger partial charge < -0.3 is 9.64 Å². The van der Waals surface area contributed by atoms with Crippen LogP contribution in [0.15, 0.2) is 222 Å². The summed E-state index contributed by atoms with van der Waals surface area (Å²) in [4.78, 5) is 4.99. The maximum absolute atomic E-state index is 7.15. The molecular formula is C67H47NOS. The second-order valence-corrected chi connectivity index (χ2v) is 20.5. The van der Waals surface area contributed by atoms with Crippen LogP contribution in [0, 0.1) is 27.7 Å². The van der Waals surface area contributed by atoms with Crippen LogP contribution in [0.1, 0.15) is 44.5 Å². The van der Waals surface area contributed by atoms with E-state index < -0.39 is 5.41 Å². The highest BCUT2D eigenvalue weighted by molar-refractivity contribution is 8.00. The van der Waals surface area contributed by atoms with Crippen molar-refractivity contribution in [2.24, 2.45) is 0 Å². The minimum Gasteiger partial charge on any atom is -0.456 e. The quantitative estimate of drug-likeness (QED) is 0.163. The summed E-state index contributed by atoms with van der Waals surface area (Å²) in [6.07, 6.45) is 0. The molecule has 14 rings (SSSR count). The number of rotatable bonds is 4. The lowest BCUT2D eigenvalue weighted by Gasteiger charge is -2.42. The van der Waals surface area contributed by atoms with E-state index in [-0.39, 0.29) is 0 Å². The zero-order valence-corrected chi connectivity index (χ0v) is 40.3. The second-order valence-electron chi connectivity index (χ2n) is 19.5. The zero-order valence-electron chi connectivity index (χ0n) is 39.5. The van der Waals surface area contributed by atoms with Crippen LogP contribution < -0.4 is 9.64 Å². The van der Waals surface area contributed by atoms with E-state index in [9.17, 15) is 0 Å². The van der Waals surface area contributed by atoms with Gasteiger partial charge in [-0.05, 0) is 158 Å². The molecule has 332 valence electrons. The Bertz CT molecular complexity index is 4090. The fourth-order valence-corrected chi connectivity index (χ4v) is 13.0. The van der Waals surface area contributed by atoms with Gasteiger partial charge in [-0.3, -0.25) is 0 Å². The Hall–Kier alpha value is -8.11. The van der Waals surface area contributed by atoms with Gasteiger partial charge in [0.1, 0.15) is 11.5 Å². The monoisotopic (exact) mass is 913 g/mol. The number of hydrogen-bond acceptors (Lipinski definition) is 3. The topological polar surface area (TPSA) is 12.5 Å². The lowest BCUT2D eigenvalue weighted by molar-refractivity contribution is 0.440. The molecule has 2 heterocycles. The first-order valence-electron chi connectivity index (χ1n) is 24.3. The molecule has 3 heteroatoms. The van der Waals surface area contributed by atoms with Gasteiger partial charge in [-0.25, -0.2) is 0 Å². The SMILES string of the molecule is Cc1ccc(C2(c3ccc(C)cc3)c3cc(-c4ccc5c(c4)Sc4c(ccc6cc(C)c(C)cc46)N5c4ccc5c6ccccc6c6ccccc6c5c4)ccc3Oc3c2ccc2ccccc32)cc1. The Labute approximate surface area is 412 Å². The second kappa shape index (κ2) is 15.5. The van der Waals surface area contributed by atoms with E-state index in [1.165, 1.54) is 97.6 Å². The molecule has 0 saturated carbocycles. The van der Waals surface area contributed by atoms with Crippen molar-refractivity contribution in [2.75, 3.05) is 4.90 Å². The van der Waals surface area contributed by atoms with E-state index in [4.69, 9.17) is 4.74 Å². The minimum absolute atomic E-state index is 0.663. The number of aryl methyl sites for hydroxylation is 4. The molecule has 2 nitrogen and oxygen atoms in total. The number of anilines is 3. The van der Waals surface area contributed by atoms with Gasteiger partial charge in [0.2, 0.25) is 0 Å². The van der Waals surface area contributed by atoms with Gasteiger partial charge in [-0.1, -0.05) is 187 Å². The van der Waals surface area contributed by atoms with Crippen molar-refractivity contribution in [1.29, 1.82) is 0 Å². The van der Waals surface area contributed by atoms with Crippen LogP contribution in [0.5, 0.6) is 11.5 Å². The normalized spacial score (nSPS) is 13.6. The first-order valence-corrected chi connectivity index (χ1v) is 25.1. The molecule has 0 aliphatic carbocycles.